The Morgan fingerprint density at radius 1 is 1.29 bits per heavy atom. The zero-order chi connectivity index (χ0) is 15.2. The molecule has 1 aliphatic rings. The first-order valence-corrected chi connectivity index (χ1v) is 8.31. The van der Waals surface area contributed by atoms with Crippen molar-refractivity contribution in [1.82, 2.24) is 5.32 Å². The molecular formula is C18H29FN2. The molecule has 1 aromatic rings. The summed E-state index contributed by atoms with van der Waals surface area (Å²) < 4.78 is 14.2. The van der Waals surface area contributed by atoms with E-state index in [1.54, 1.807) is 6.07 Å². The van der Waals surface area contributed by atoms with E-state index in [-0.39, 0.29) is 5.82 Å². The summed E-state index contributed by atoms with van der Waals surface area (Å²) in [6, 6.07) is 5.49. The smallest absolute Gasteiger partial charge is 0.129 e. The number of hydrogen-bond donors (Lipinski definition) is 1. The molecule has 1 saturated heterocycles. The summed E-state index contributed by atoms with van der Waals surface area (Å²) >= 11 is 0. The summed E-state index contributed by atoms with van der Waals surface area (Å²) in [5.41, 5.74) is 1.91. The molecule has 2 nitrogen and oxygen atoms in total. The number of rotatable bonds is 5. The highest BCUT2D eigenvalue weighted by molar-refractivity contribution is 5.54. The normalized spacial score (nSPS) is 19.9. The summed E-state index contributed by atoms with van der Waals surface area (Å²) in [6.45, 7) is 10.3. The molecular weight excluding hydrogens is 263 g/mol. The maximum atomic E-state index is 14.2. The van der Waals surface area contributed by atoms with Gasteiger partial charge < -0.3 is 10.2 Å². The molecule has 1 N–H and O–H groups in total. The van der Waals surface area contributed by atoms with Crippen LogP contribution < -0.4 is 10.2 Å². The molecule has 0 saturated carbocycles. The van der Waals surface area contributed by atoms with Crippen LogP contribution in [0.3, 0.4) is 0 Å². The van der Waals surface area contributed by atoms with Gasteiger partial charge in [-0.25, -0.2) is 4.39 Å². The minimum absolute atomic E-state index is 0.0824. The monoisotopic (exact) mass is 292 g/mol. The molecule has 0 amide bonds. The number of benzene rings is 1. The van der Waals surface area contributed by atoms with E-state index in [1.807, 2.05) is 6.07 Å². The molecule has 2 rings (SSSR count). The van der Waals surface area contributed by atoms with E-state index in [1.165, 1.54) is 19.3 Å². The summed E-state index contributed by atoms with van der Waals surface area (Å²) in [6.07, 6.45) is 3.69. The van der Waals surface area contributed by atoms with Crippen LogP contribution >= 0.6 is 0 Å². The minimum atomic E-state index is -0.0824. The Hall–Kier alpha value is -1.09. The number of nitrogens with one attached hydrogen (secondary N) is 1. The molecule has 0 bridgehead atoms. The fourth-order valence-electron chi connectivity index (χ4n) is 3.01. The lowest BCUT2D eigenvalue weighted by Crippen LogP contribution is -2.27. The van der Waals surface area contributed by atoms with Crippen LogP contribution in [-0.4, -0.2) is 19.6 Å². The lowest BCUT2D eigenvalue weighted by atomic mass is 10.0. The van der Waals surface area contributed by atoms with Crippen molar-refractivity contribution in [2.75, 3.05) is 24.5 Å². The highest BCUT2D eigenvalue weighted by Gasteiger charge is 2.18. The molecule has 118 valence electrons. The lowest BCUT2D eigenvalue weighted by molar-refractivity contribution is 0.520. The summed E-state index contributed by atoms with van der Waals surface area (Å²) in [5, 5.41) is 3.38. The summed E-state index contributed by atoms with van der Waals surface area (Å²) in [4.78, 5) is 2.37. The van der Waals surface area contributed by atoms with Gasteiger partial charge in [0.15, 0.2) is 0 Å². The summed E-state index contributed by atoms with van der Waals surface area (Å²) in [5.74, 6) is 1.28. The maximum absolute atomic E-state index is 14.2. The number of anilines is 1. The van der Waals surface area contributed by atoms with Crippen molar-refractivity contribution in [1.29, 1.82) is 0 Å². The van der Waals surface area contributed by atoms with Crippen molar-refractivity contribution < 1.29 is 4.39 Å². The van der Waals surface area contributed by atoms with Gasteiger partial charge in [-0.2, -0.15) is 0 Å². The Bertz CT molecular complexity index is 445. The largest absolute Gasteiger partial charge is 0.371 e. The number of halogens is 1. The van der Waals surface area contributed by atoms with Crippen LogP contribution in [0.2, 0.25) is 0 Å². The molecule has 3 heteroatoms. The molecule has 1 fully saturated rings. The van der Waals surface area contributed by atoms with Gasteiger partial charge in [-0.1, -0.05) is 26.8 Å². The average molecular weight is 292 g/mol. The molecule has 21 heavy (non-hydrogen) atoms. The van der Waals surface area contributed by atoms with Gasteiger partial charge in [-0.15, -0.1) is 0 Å². The fourth-order valence-corrected chi connectivity index (χ4v) is 3.01. The Kier molecular flexibility index (Phi) is 6.04. The maximum Gasteiger partial charge on any atom is 0.129 e. The summed E-state index contributed by atoms with van der Waals surface area (Å²) in [7, 11) is 0. The first-order valence-electron chi connectivity index (χ1n) is 8.31. The SMILES string of the molecule is CC(C)CNCc1c(F)cccc1N1CCCC(C)CC1. The van der Waals surface area contributed by atoms with Gasteiger partial charge in [0.1, 0.15) is 5.82 Å². The predicted molar refractivity (Wildman–Crippen MR) is 88.2 cm³/mol. The highest BCUT2D eigenvalue weighted by atomic mass is 19.1. The van der Waals surface area contributed by atoms with Crippen molar-refractivity contribution in [3.05, 3.63) is 29.6 Å². The molecule has 0 radical (unpaired) electrons. The molecule has 0 spiro atoms. The van der Waals surface area contributed by atoms with Crippen LogP contribution in [-0.2, 0) is 6.54 Å². The quantitative estimate of drug-likeness (QED) is 0.875. The van der Waals surface area contributed by atoms with Crippen LogP contribution in [0, 0.1) is 17.7 Å². The molecule has 0 aliphatic carbocycles. The minimum Gasteiger partial charge on any atom is -0.371 e. The van der Waals surface area contributed by atoms with E-state index >= 15 is 0 Å². The van der Waals surface area contributed by atoms with Crippen molar-refractivity contribution >= 4 is 5.69 Å². The number of hydrogen-bond acceptors (Lipinski definition) is 2. The topological polar surface area (TPSA) is 15.3 Å². The van der Waals surface area contributed by atoms with Crippen molar-refractivity contribution in [3.63, 3.8) is 0 Å². The molecule has 1 atom stereocenters. The second-order valence-electron chi connectivity index (χ2n) is 6.79. The van der Waals surface area contributed by atoms with Crippen molar-refractivity contribution in [2.24, 2.45) is 11.8 Å². The van der Waals surface area contributed by atoms with Crippen molar-refractivity contribution in [2.45, 2.75) is 46.6 Å². The van der Waals surface area contributed by atoms with Crippen LogP contribution in [0.15, 0.2) is 18.2 Å². The van der Waals surface area contributed by atoms with Crippen LogP contribution in [0.4, 0.5) is 10.1 Å². The third-order valence-electron chi connectivity index (χ3n) is 4.31. The van der Waals surface area contributed by atoms with E-state index in [2.05, 4.69) is 37.1 Å². The van der Waals surface area contributed by atoms with Crippen molar-refractivity contribution in [3.8, 4) is 0 Å². The Morgan fingerprint density at radius 2 is 2.10 bits per heavy atom. The molecule has 1 heterocycles. The van der Waals surface area contributed by atoms with Gasteiger partial charge in [0.2, 0.25) is 0 Å². The van der Waals surface area contributed by atoms with Gasteiger partial charge in [-0.05, 0) is 49.8 Å². The zero-order valence-electron chi connectivity index (χ0n) is 13.7. The lowest BCUT2D eigenvalue weighted by Gasteiger charge is -2.26. The van der Waals surface area contributed by atoms with Gasteiger partial charge >= 0.3 is 0 Å². The second kappa shape index (κ2) is 7.79. The van der Waals surface area contributed by atoms with Gasteiger partial charge in [0, 0.05) is 30.9 Å². The Labute approximate surface area is 128 Å². The fraction of sp³-hybridized carbons (Fsp3) is 0.667. The number of nitrogens with zero attached hydrogens (tertiary/aromatic N) is 1. The molecule has 1 aromatic carbocycles. The highest BCUT2D eigenvalue weighted by Crippen LogP contribution is 2.27. The van der Waals surface area contributed by atoms with Crippen LogP contribution in [0.1, 0.15) is 45.6 Å². The standard InChI is InChI=1S/C18H29FN2/c1-14(2)12-20-13-16-17(19)7-4-8-18(16)21-10-5-6-15(3)9-11-21/h4,7-8,14-15,20H,5-6,9-13H2,1-3H3. The first-order chi connectivity index (χ1) is 10.1. The molecule has 1 aliphatic heterocycles. The first kappa shape index (κ1) is 16.3. The second-order valence-corrected chi connectivity index (χ2v) is 6.79. The molecule has 1 unspecified atom stereocenters. The Morgan fingerprint density at radius 3 is 2.86 bits per heavy atom. The predicted octanol–water partition coefficient (Wildman–Crippen LogP) is 4.20. The zero-order valence-corrected chi connectivity index (χ0v) is 13.7. The van der Waals surface area contributed by atoms with E-state index in [0.29, 0.717) is 12.5 Å². The van der Waals surface area contributed by atoms with Gasteiger partial charge in [0.05, 0.1) is 0 Å². The molecule has 0 aromatic heterocycles. The van der Waals surface area contributed by atoms with Crippen LogP contribution in [0.5, 0.6) is 0 Å². The van der Waals surface area contributed by atoms with E-state index in [4.69, 9.17) is 0 Å². The third kappa shape index (κ3) is 4.70. The van der Waals surface area contributed by atoms with Gasteiger partial charge in [-0.3, -0.25) is 0 Å². The van der Waals surface area contributed by atoms with E-state index < -0.39 is 0 Å². The third-order valence-corrected chi connectivity index (χ3v) is 4.31. The van der Waals surface area contributed by atoms with Gasteiger partial charge in [0.25, 0.3) is 0 Å². The van der Waals surface area contributed by atoms with Crippen LogP contribution in [0.25, 0.3) is 0 Å². The average Bonchev–Trinajstić information content (AvgIpc) is 2.65. The Balaban J connectivity index is 2.12. The van der Waals surface area contributed by atoms with E-state index in [0.717, 1.165) is 36.8 Å². The van der Waals surface area contributed by atoms with E-state index in [9.17, 15) is 4.39 Å².